The van der Waals surface area contributed by atoms with Crippen LogP contribution in [0.25, 0.3) is 0 Å². The maximum absolute atomic E-state index is 13.6. The van der Waals surface area contributed by atoms with Gasteiger partial charge in [0.2, 0.25) is 0 Å². The predicted octanol–water partition coefficient (Wildman–Crippen LogP) is 3.87. The molecule has 0 fully saturated rings. The van der Waals surface area contributed by atoms with Crippen molar-refractivity contribution in [3.05, 3.63) is 51.6 Å². The molecule has 2 N–H and O–H groups in total. The van der Waals surface area contributed by atoms with E-state index in [4.69, 9.17) is 5.11 Å². The molecule has 0 saturated carbocycles. The van der Waals surface area contributed by atoms with Gasteiger partial charge in [-0.25, -0.2) is 18.6 Å². The fraction of sp³-hybridized carbons (Fsp3) is 0.0769. The normalized spacial score (nSPS) is 10.4. The Kier molecular flexibility index (Phi) is 3.99. The third-order valence-electron chi connectivity index (χ3n) is 2.47. The van der Waals surface area contributed by atoms with Gasteiger partial charge in [-0.1, -0.05) is 0 Å². The number of halogens is 3. The zero-order valence-electron chi connectivity index (χ0n) is 10.2. The molecule has 0 saturated heterocycles. The number of nitrogens with zero attached hydrogens (tertiary/aromatic N) is 1. The Balaban J connectivity index is 2.40. The van der Waals surface area contributed by atoms with Crippen LogP contribution < -0.4 is 5.32 Å². The lowest BCUT2D eigenvalue weighted by molar-refractivity contribution is 0.0696. The number of benzene rings is 1. The van der Waals surface area contributed by atoms with Gasteiger partial charge in [0.15, 0.2) is 0 Å². The van der Waals surface area contributed by atoms with Gasteiger partial charge in [0, 0.05) is 11.8 Å². The Bertz CT molecular complexity index is 692. The number of rotatable bonds is 3. The van der Waals surface area contributed by atoms with E-state index in [9.17, 15) is 13.6 Å². The average molecular weight is 343 g/mol. The number of carboxylic acid groups (broad SMARTS) is 1. The van der Waals surface area contributed by atoms with Gasteiger partial charge in [0.1, 0.15) is 17.5 Å². The Hall–Kier alpha value is -2.02. The van der Waals surface area contributed by atoms with E-state index in [0.717, 1.165) is 6.07 Å². The minimum absolute atomic E-state index is 0.00675. The lowest BCUT2D eigenvalue weighted by Gasteiger charge is -2.09. The van der Waals surface area contributed by atoms with Crippen LogP contribution in [0.3, 0.4) is 0 Å². The van der Waals surface area contributed by atoms with E-state index in [2.05, 4.69) is 26.2 Å². The Morgan fingerprint density at radius 2 is 1.95 bits per heavy atom. The van der Waals surface area contributed by atoms with E-state index >= 15 is 0 Å². The van der Waals surface area contributed by atoms with Gasteiger partial charge in [-0.05, 0) is 41.1 Å². The number of hydrogen-bond donors (Lipinski definition) is 2. The highest BCUT2D eigenvalue weighted by molar-refractivity contribution is 9.10. The van der Waals surface area contributed by atoms with Crippen LogP contribution in [0, 0.1) is 18.6 Å². The SMILES string of the molecule is Cc1cc(C(=O)O)cc(Nc2cc(Br)c(F)cc2F)n1. The van der Waals surface area contributed by atoms with Crippen molar-refractivity contribution in [1.29, 1.82) is 0 Å². The molecule has 20 heavy (non-hydrogen) atoms. The van der Waals surface area contributed by atoms with Crippen LogP contribution in [0.5, 0.6) is 0 Å². The molecule has 4 nitrogen and oxygen atoms in total. The smallest absolute Gasteiger partial charge is 0.335 e. The molecule has 2 rings (SSSR count). The van der Waals surface area contributed by atoms with Gasteiger partial charge in [-0.15, -0.1) is 0 Å². The van der Waals surface area contributed by atoms with E-state index < -0.39 is 17.6 Å². The van der Waals surface area contributed by atoms with Gasteiger partial charge >= 0.3 is 5.97 Å². The van der Waals surface area contributed by atoms with Crippen LogP contribution in [0.15, 0.2) is 28.7 Å². The second-order valence-electron chi connectivity index (χ2n) is 4.06. The molecule has 0 aliphatic rings. The van der Waals surface area contributed by atoms with Gasteiger partial charge in [0.05, 0.1) is 15.7 Å². The first-order chi connectivity index (χ1) is 9.36. The van der Waals surface area contributed by atoms with E-state index in [-0.39, 0.29) is 21.5 Å². The molecular formula is C13H9BrF2N2O2. The maximum atomic E-state index is 13.6. The molecule has 0 unspecified atom stereocenters. The molecule has 0 aliphatic heterocycles. The molecule has 2 aromatic rings. The quantitative estimate of drug-likeness (QED) is 0.831. The summed E-state index contributed by atoms with van der Waals surface area (Å²) in [4.78, 5) is 15.0. The van der Waals surface area contributed by atoms with Crippen molar-refractivity contribution in [3.63, 3.8) is 0 Å². The Morgan fingerprint density at radius 3 is 2.60 bits per heavy atom. The average Bonchev–Trinajstić information content (AvgIpc) is 2.35. The summed E-state index contributed by atoms with van der Waals surface area (Å²) < 4.78 is 26.8. The van der Waals surface area contributed by atoms with Crippen molar-refractivity contribution in [3.8, 4) is 0 Å². The second-order valence-corrected chi connectivity index (χ2v) is 4.91. The number of anilines is 2. The number of hydrogen-bond acceptors (Lipinski definition) is 3. The summed E-state index contributed by atoms with van der Waals surface area (Å²) in [6, 6.07) is 4.60. The fourth-order valence-corrected chi connectivity index (χ4v) is 1.96. The number of carbonyl (C=O) groups is 1. The maximum Gasteiger partial charge on any atom is 0.335 e. The van der Waals surface area contributed by atoms with Crippen molar-refractivity contribution < 1.29 is 18.7 Å². The van der Waals surface area contributed by atoms with Gasteiger partial charge in [-0.2, -0.15) is 0 Å². The monoisotopic (exact) mass is 342 g/mol. The summed E-state index contributed by atoms with van der Waals surface area (Å²) in [6.45, 7) is 1.62. The minimum Gasteiger partial charge on any atom is -0.478 e. The molecule has 0 spiro atoms. The molecular weight excluding hydrogens is 334 g/mol. The molecule has 0 bridgehead atoms. The molecule has 0 aliphatic carbocycles. The van der Waals surface area contributed by atoms with Crippen LogP contribution in [-0.2, 0) is 0 Å². The first-order valence-corrected chi connectivity index (χ1v) is 6.29. The highest BCUT2D eigenvalue weighted by Gasteiger charge is 2.11. The molecule has 1 aromatic heterocycles. The number of aromatic carboxylic acids is 1. The van der Waals surface area contributed by atoms with Crippen LogP contribution >= 0.6 is 15.9 Å². The number of pyridine rings is 1. The third-order valence-corrected chi connectivity index (χ3v) is 3.08. The summed E-state index contributed by atoms with van der Waals surface area (Å²) >= 11 is 2.95. The summed E-state index contributed by atoms with van der Waals surface area (Å²) in [5.41, 5.74) is 0.489. The van der Waals surface area contributed by atoms with Gasteiger partial charge < -0.3 is 10.4 Å². The molecule has 7 heteroatoms. The lowest BCUT2D eigenvalue weighted by atomic mass is 10.2. The summed E-state index contributed by atoms with van der Waals surface area (Å²) in [7, 11) is 0. The van der Waals surface area contributed by atoms with Gasteiger partial charge in [-0.3, -0.25) is 0 Å². The summed E-state index contributed by atoms with van der Waals surface area (Å²) in [5, 5.41) is 11.6. The van der Waals surface area contributed by atoms with Crippen molar-refractivity contribution in [2.45, 2.75) is 6.92 Å². The third kappa shape index (κ3) is 3.11. The number of nitrogens with one attached hydrogen (secondary N) is 1. The molecule has 1 aromatic carbocycles. The second kappa shape index (κ2) is 5.54. The zero-order valence-corrected chi connectivity index (χ0v) is 11.8. The van der Waals surface area contributed by atoms with Crippen LogP contribution in [0.2, 0.25) is 0 Å². The zero-order chi connectivity index (χ0) is 14.9. The van der Waals surface area contributed by atoms with Crippen molar-refractivity contribution in [1.82, 2.24) is 4.98 Å². The first kappa shape index (κ1) is 14.4. The lowest BCUT2D eigenvalue weighted by Crippen LogP contribution is -2.03. The van der Waals surface area contributed by atoms with E-state index in [0.29, 0.717) is 5.69 Å². The van der Waals surface area contributed by atoms with E-state index in [1.54, 1.807) is 6.92 Å². The number of carboxylic acids is 1. The van der Waals surface area contributed by atoms with Crippen molar-refractivity contribution in [2.75, 3.05) is 5.32 Å². The Labute approximate surface area is 121 Å². The predicted molar refractivity (Wildman–Crippen MR) is 73.3 cm³/mol. The van der Waals surface area contributed by atoms with Crippen LogP contribution in [0.4, 0.5) is 20.3 Å². The molecule has 1 heterocycles. The van der Waals surface area contributed by atoms with Crippen molar-refractivity contribution in [2.24, 2.45) is 0 Å². The standard InChI is InChI=1S/C13H9BrF2N2O2/c1-6-2-7(13(19)20)3-12(17-6)18-11-4-8(14)9(15)5-10(11)16/h2-5H,1H3,(H,17,18)(H,19,20). The highest BCUT2D eigenvalue weighted by atomic mass is 79.9. The number of aromatic nitrogens is 1. The number of aryl methyl sites for hydroxylation is 1. The highest BCUT2D eigenvalue weighted by Crippen LogP contribution is 2.26. The fourth-order valence-electron chi connectivity index (χ4n) is 1.61. The molecule has 0 atom stereocenters. The Morgan fingerprint density at radius 1 is 1.25 bits per heavy atom. The molecule has 0 radical (unpaired) electrons. The minimum atomic E-state index is -1.11. The van der Waals surface area contributed by atoms with Crippen LogP contribution in [-0.4, -0.2) is 16.1 Å². The topological polar surface area (TPSA) is 62.2 Å². The first-order valence-electron chi connectivity index (χ1n) is 5.50. The van der Waals surface area contributed by atoms with E-state index in [1.165, 1.54) is 18.2 Å². The molecule has 104 valence electrons. The van der Waals surface area contributed by atoms with Gasteiger partial charge in [0.25, 0.3) is 0 Å². The largest absolute Gasteiger partial charge is 0.478 e. The van der Waals surface area contributed by atoms with Crippen LogP contribution in [0.1, 0.15) is 16.1 Å². The molecule has 0 amide bonds. The van der Waals surface area contributed by atoms with Crippen molar-refractivity contribution >= 4 is 33.4 Å². The summed E-state index contributed by atoms with van der Waals surface area (Å²) in [6.07, 6.45) is 0. The summed E-state index contributed by atoms with van der Waals surface area (Å²) in [5.74, 6) is -2.47. The van der Waals surface area contributed by atoms with E-state index in [1.807, 2.05) is 0 Å².